The number of benzene rings is 1. The van der Waals surface area contributed by atoms with Crippen LogP contribution in [0.1, 0.15) is 19.3 Å². The van der Waals surface area contributed by atoms with Crippen LogP contribution in [-0.2, 0) is 13.9 Å². The summed E-state index contributed by atoms with van der Waals surface area (Å²) in [6.07, 6.45) is 3.07. The molecule has 1 saturated heterocycles. The first-order chi connectivity index (χ1) is 11.0. The van der Waals surface area contributed by atoms with Crippen molar-refractivity contribution in [3.05, 3.63) is 36.9 Å². The number of carboxylic acid groups (broad SMARTS) is 1. The Bertz CT molecular complexity index is 601. The number of carbonyl (C=O) groups excluding carboxylic acids is 1. The van der Waals surface area contributed by atoms with Crippen LogP contribution in [0.3, 0.4) is 0 Å². The van der Waals surface area contributed by atoms with Crippen molar-refractivity contribution in [3.8, 4) is 5.75 Å². The summed E-state index contributed by atoms with van der Waals surface area (Å²) in [6.45, 7) is 4.28. The normalized spacial score (nSPS) is 23.7. The molecule has 0 spiro atoms. The van der Waals surface area contributed by atoms with Gasteiger partial charge in [0.1, 0.15) is 5.75 Å². The average molecular weight is 338 g/mol. The van der Waals surface area contributed by atoms with Gasteiger partial charge in [0.2, 0.25) is 0 Å². The van der Waals surface area contributed by atoms with Crippen molar-refractivity contribution in [1.29, 1.82) is 0 Å². The van der Waals surface area contributed by atoms with E-state index in [0.717, 1.165) is 6.42 Å². The molecule has 2 rings (SSSR count). The van der Waals surface area contributed by atoms with Crippen LogP contribution in [0, 0.1) is 0 Å². The first-order valence-corrected chi connectivity index (χ1v) is 9.08. The maximum Gasteiger partial charge on any atom is 0.302 e. The van der Waals surface area contributed by atoms with Gasteiger partial charge in [0.25, 0.3) is 0 Å². The Balaban J connectivity index is 2.44. The Hall–Kier alpha value is -1.62. The van der Waals surface area contributed by atoms with Crippen LogP contribution in [0.15, 0.2) is 36.9 Å². The molecule has 1 aromatic carbocycles. The number of hydrogen-bond donors (Lipinski definition) is 0. The summed E-state index contributed by atoms with van der Waals surface area (Å²) < 4.78 is 25.7. The third kappa shape index (κ3) is 3.83. The number of carbonyl (C=O) groups is 1. The Morgan fingerprint density at radius 3 is 2.74 bits per heavy atom. The number of rotatable bonds is 6. The quantitative estimate of drug-likeness (QED) is 0.575. The van der Waals surface area contributed by atoms with Crippen molar-refractivity contribution >= 4 is 18.8 Å². The minimum Gasteiger partial charge on any atom is -0.548 e. The predicted octanol–water partition coefficient (Wildman–Crippen LogP) is 1.32. The summed E-state index contributed by atoms with van der Waals surface area (Å²) in [4.78, 5) is 11.5. The van der Waals surface area contributed by atoms with Gasteiger partial charge in [-0.05, 0) is 43.5 Å². The molecule has 0 aliphatic carbocycles. The molecule has 0 N–H and O–H groups in total. The van der Waals surface area contributed by atoms with Crippen LogP contribution >= 0.6 is 7.52 Å². The number of ether oxygens (including phenoxy) is 1. The summed E-state index contributed by atoms with van der Waals surface area (Å²) in [5.74, 6) is -0.645. The molecule has 2 atom stereocenters. The van der Waals surface area contributed by atoms with Crippen molar-refractivity contribution in [2.45, 2.75) is 25.3 Å². The Kier molecular flexibility index (Phi) is 5.99. The molecule has 1 aromatic rings. The van der Waals surface area contributed by atoms with Crippen molar-refractivity contribution in [1.82, 2.24) is 4.67 Å². The molecule has 1 heterocycles. The zero-order valence-electron chi connectivity index (χ0n) is 13.1. The maximum atomic E-state index is 13.5. The van der Waals surface area contributed by atoms with Crippen molar-refractivity contribution in [2.24, 2.45) is 0 Å². The topological polar surface area (TPSA) is 78.9 Å². The summed E-state index contributed by atoms with van der Waals surface area (Å²) in [5, 5.41) is 12.0. The molecule has 0 amide bonds. The fourth-order valence-corrected chi connectivity index (χ4v) is 5.06. The molecule has 0 aromatic heterocycles. The van der Waals surface area contributed by atoms with E-state index in [2.05, 4.69) is 6.58 Å². The highest BCUT2D eigenvalue weighted by Gasteiger charge is 2.40. The van der Waals surface area contributed by atoms with Crippen LogP contribution < -0.4 is 15.1 Å². The fourth-order valence-electron chi connectivity index (χ4n) is 2.60. The van der Waals surface area contributed by atoms with E-state index in [0.29, 0.717) is 30.6 Å². The number of hydrogen-bond acceptors (Lipinski definition) is 5. The molecule has 1 fully saturated rings. The van der Waals surface area contributed by atoms with E-state index in [4.69, 9.17) is 9.26 Å². The molecule has 0 bridgehead atoms. The summed E-state index contributed by atoms with van der Waals surface area (Å²) in [5.41, 5.74) is 0. The molecular formula is C16H21NO5P-. The van der Waals surface area contributed by atoms with Crippen molar-refractivity contribution in [2.75, 3.05) is 20.3 Å². The Morgan fingerprint density at radius 1 is 1.48 bits per heavy atom. The molecule has 126 valence electrons. The number of methoxy groups -OCH3 is 1. The molecule has 2 unspecified atom stereocenters. The third-order valence-corrected chi connectivity index (χ3v) is 6.44. The fraction of sp³-hybridized carbons (Fsp3) is 0.438. The lowest BCUT2D eigenvalue weighted by Crippen LogP contribution is -2.47. The third-order valence-electron chi connectivity index (χ3n) is 3.81. The van der Waals surface area contributed by atoms with Crippen LogP contribution in [0.25, 0.3) is 0 Å². The van der Waals surface area contributed by atoms with E-state index in [1.54, 1.807) is 31.4 Å². The minimum atomic E-state index is -3.48. The lowest BCUT2D eigenvalue weighted by Gasteiger charge is -2.36. The van der Waals surface area contributed by atoms with Gasteiger partial charge in [0.05, 0.1) is 31.0 Å². The van der Waals surface area contributed by atoms with E-state index in [-0.39, 0.29) is 6.42 Å². The van der Waals surface area contributed by atoms with Gasteiger partial charge in [-0.2, -0.15) is 0 Å². The summed E-state index contributed by atoms with van der Waals surface area (Å²) in [7, 11) is -1.94. The van der Waals surface area contributed by atoms with E-state index in [1.807, 2.05) is 0 Å². The number of aliphatic carboxylic acids is 1. The number of nitrogens with zero attached hydrogens (tertiary/aromatic N) is 1. The highest BCUT2D eigenvalue weighted by atomic mass is 31.2. The lowest BCUT2D eigenvalue weighted by atomic mass is 10.2. The van der Waals surface area contributed by atoms with Crippen LogP contribution in [-0.4, -0.2) is 36.9 Å². The largest absolute Gasteiger partial charge is 0.548 e. The lowest BCUT2D eigenvalue weighted by molar-refractivity contribution is -0.310. The van der Waals surface area contributed by atoms with E-state index >= 15 is 0 Å². The molecule has 1 aliphatic rings. The van der Waals surface area contributed by atoms with Crippen LogP contribution in [0.2, 0.25) is 0 Å². The first-order valence-electron chi connectivity index (χ1n) is 7.51. The smallest absolute Gasteiger partial charge is 0.302 e. The molecular weight excluding hydrogens is 317 g/mol. The minimum absolute atomic E-state index is 0.145. The zero-order valence-corrected chi connectivity index (χ0v) is 14.0. The van der Waals surface area contributed by atoms with E-state index in [9.17, 15) is 14.5 Å². The second kappa shape index (κ2) is 7.77. The highest BCUT2D eigenvalue weighted by molar-refractivity contribution is 7.64. The van der Waals surface area contributed by atoms with E-state index in [1.165, 1.54) is 10.7 Å². The van der Waals surface area contributed by atoms with Gasteiger partial charge in [-0.3, -0.25) is 4.57 Å². The maximum absolute atomic E-state index is 13.5. The van der Waals surface area contributed by atoms with Gasteiger partial charge in [0, 0.05) is 6.54 Å². The molecule has 0 saturated carbocycles. The Labute approximate surface area is 136 Å². The number of carboxylic acids is 1. The molecule has 6 nitrogen and oxygen atoms in total. The monoisotopic (exact) mass is 338 g/mol. The molecule has 7 heteroatoms. The van der Waals surface area contributed by atoms with Gasteiger partial charge >= 0.3 is 7.52 Å². The second-order valence-electron chi connectivity index (χ2n) is 5.28. The highest BCUT2D eigenvalue weighted by Crippen LogP contribution is 2.53. The van der Waals surface area contributed by atoms with Crippen LogP contribution in [0.4, 0.5) is 0 Å². The van der Waals surface area contributed by atoms with Gasteiger partial charge in [0.15, 0.2) is 0 Å². The molecule has 0 radical (unpaired) electrons. The first kappa shape index (κ1) is 17.7. The SMILES string of the molecule is C=CCC(C(=O)[O-])N1CCCCOP1(=O)c1ccc(OC)cc1. The van der Waals surface area contributed by atoms with Crippen molar-refractivity contribution in [3.63, 3.8) is 0 Å². The van der Waals surface area contributed by atoms with Gasteiger partial charge < -0.3 is 19.2 Å². The van der Waals surface area contributed by atoms with Gasteiger partial charge in [-0.1, -0.05) is 6.08 Å². The second-order valence-corrected chi connectivity index (χ2v) is 7.61. The average Bonchev–Trinajstić information content (AvgIpc) is 2.75. The summed E-state index contributed by atoms with van der Waals surface area (Å²) in [6, 6.07) is 5.64. The van der Waals surface area contributed by atoms with Gasteiger partial charge in [-0.25, -0.2) is 4.67 Å². The standard InChI is InChI=1S/C16H22NO5P/c1-3-6-15(16(18)19)17-11-4-5-12-22-23(17,20)14-9-7-13(21-2)8-10-14/h3,7-10,15H,1,4-6,11-12H2,2H3,(H,18,19)/p-1. The zero-order chi connectivity index (χ0) is 16.9. The van der Waals surface area contributed by atoms with Crippen molar-refractivity contribution < 1.29 is 23.7 Å². The predicted molar refractivity (Wildman–Crippen MR) is 85.7 cm³/mol. The van der Waals surface area contributed by atoms with Crippen LogP contribution in [0.5, 0.6) is 5.75 Å². The molecule has 1 aliphatic heterocycles. The summed E-state index contributed by atoms with van der Waals surface area (Å²) >= 11 is 0. The Morgan fingerprint density at radius 2 is 2.17 bits per heavy atom. The van der Waals surface area contributed by atoms with Gasteiger partial charge in [-0.15, -0.1) is 6.58 Å². The molecule has 23 heavy (non-hydrogen) atoms. The van der Waals surface area contributed by atoms with E-state index < -0.39 is 19.5 Å².